The monoisotopic (exact) mass is 99.9 g/mol. The lowest BCUT2D eigenvalue weighted by molar-refractivity contribution is 0.543. The molecule has 1 unspecified atom stereocenters. The molecule has 4 heteroatoms. The first-order valence-electron chi connectivity index (χ1n) is 0.582. The Labute approximate surface area is 30.8 Å². The lowest BCUT2D eigenvalue weighted by Crippen LogP contribution is -1.35. The molecule has 0 saturated heterocycles. The number of halogens is 1. The molecule has 2 nitrogen and oxygen atoms in total. The van der Waals surface area contributed by atoms with Gasteiger partial charge < -0.3 is 4.89 Å². The predicted octanol–water partition coefficient (Wildman–Crippen LogP) is 0.658. The molecule has 0 aliphatic carbocycles. The van der Waals surface area contributed by atoms with Crippen molar-refractivity contribution in [1.29, 1.82) is 0 Å². The van der Waals surface area contributed by atoms with Crippen LogP contribution < -0.4 is 0 Å². The molecule has 0 rings (SSSR count). The average molecular weight is 100 g/mol. The van der Waals surface area contributed by atoms with Gasteiger partial charge in [-0.25, -0.2) is 4.08 Å². The largest absolute Gasteiger partial charge is 0.351 e. The van der Waals surface area contributed by atoms with Gasteiger partial charge in [0.1, 0.15) is 0 Å². The molecular formula is H2ClO2P. The summed E-state index contributed by atoms with van der Waals surface area (Å²) in [5, 5.41) is 0. The van der Waals surface area contributed by atoms with Crippen molar-refractivity contribution < 1.29 is 8.97 Å². The van der Waals surface area contributed by atoms with Crippen LogP contribution in [0, 0.1) is 0 Å². The third-order valence-corrected chi connectivity index (χ3v) is 0.311. The Kier molecular flexibility index (Phi) is 4.22. The summed E-state index contributed by atoms with van der Waals surface area (Å²) >= 11 is 4.45. The smallest absolute Gasteiger partial charge is 0.175 e. The van der Waals surface area contributed by atoms with E-state index in [4.69, 9.17) is 4.89 Å². The molecule has 0 bridgehead atoms. The van der Waals surface area contributed by atoms with Crippen LogP contribution in [-0.4, -0.2) is 4.89 Å². The second kappa shape index (κ2) is 3.64. The van der Waals surface area contributed by atoms with Crippen LogP contribution >= 0.6 is 20.9 Å². The number of rotatable bonds is 1. The van der Waals surface area contributed by atoms with Crippen LogP contribution in [-0.2, 0) is 4.08 Å². The molecule has 0 amide bonds. The van der Waals surface area contributed by atoms with Gasteiger partial charge in [0.15, 0.2) is 9.03 Å². The highest BCUT2D eigenvalue weighted by atomic mass is 35.5. The fourth-order valence-electron chi connectivity index (χ4n) is 0. The van der Waals surface area contributed by atoms with E-state index < -0.39 is 9.03 Å². The molecule has 0 aromatic carbocycles. The number of hydrogen-bond donors (Lipinski definition) is 1. The lowest BCUT2D eigenvalue weighted by Gasteiger charge is -1.69. The van der Waals surface area contributed by atoms with Crippen molar-refractivity contribution in [1.82, 2.24) is 0 Å². The zero-order valence-corrected chi connectivity index (χ0v) is 3.49. The zero-order valence-electron chi connectivity index (χ0n) is 1.73. The Morgan fingerprint density at radius 2 is 2.25 bits per heavy atom. The van der Waals surface area contributed by atoms with Crippen LogP contribution in [0.25, 0.3) is 0 Å². The molecule has 0 radical (unpaired) electrons. The van der Waals surface area contributed by atoms with E-state index in [1.807, 2.05) is 0 Å². The highest BCUT2D eigenvalue weighted by Gasteiger charge is 1.57. The standard InChI is InChI=1S/ClH2O2P/c1-3-4-2/h2,4H. The van der Waals surface area contributed by atoms with Gasteiger partial charge in [-0.1, -0.05) is 0 Å². The Morgan fingerprint density at radius 1 is 2.00 bits per heavy atom. The van der Waals surface area contributed by atoms with E-state index in [0.29, 0.717) is 0 Å². The maximum atomic E-state index is 7.55. The first kappa shape index (κ1) is 4.64. The van der Waals surface area contributed by atoms with E-state index in [-0.39, 0.29) is 0 Å². The van der Waals surface area contributed by atoms with Crippen LogP contribution in [0.5, 0.6) is 0 Å². The maximum absolute atomic E-state index is 7.55. The van der Waals surface area contributed by atoms with Crippen LogP contribution in [0.4, 0.5) is 0 Å². The van der Waals surface area contributed by atoms with E-state index in [1.165, 1.54) is 0 Å². The average Bonchev–Trinajstić information content (AvgIpc) is 1.37. The Hall–Kier alpha value is 0.640. The van der Waals surface area contributed by atoms with Crippen molar-refractivity contribution in [3.63, 3.8) is 0 Å². The summed E-state index contributed by atoms with van der Waals surface area (Å²) in [6.45, 7) is 0. The predicted molar refractivity (Wildman–Crippen MR) is 17.5 cm³/mol. The van der Waals surface area contributed by atoms with Gasteiger partial charge in [-0.15, -0.1) is 0 Å². The third-order valence-electron chi connectivity index (χ3n) is 0.0345. The van der Waals surface area contributed by atoms with Crippen molar-refractivity contribution in [2.24, 2.45) is 0 Å². The summed E-state index contributed by atoms with van der Waals surface area (Å²) in [4.78, 5) is 7.55. The first-order valence-corrected chi connectivity index (χ1v) is 1.75. The van der Waals surface area contributed by atoms with Crippen LogP contribution in [0.15, 0.2) is 0 Å². The van der Waals surface area contributed by atoms with Gasteiger partial charge in [0.2, 0.25) is 0 Å². The highest BCUT2D eigenvalue weighted by Crippen LogP contribution is 2.03. The molecule has 1 atom stereocenters. The Balaban J connectivity index is 1.97. The fourth-order valence-corrected chi connectivity index (χ4v) is 0. The van der Waals surface area contributed by atoms with E-state index >= 15 is 0 Å². The van der Waals surface area contributed by atoms with E-state index in [9.17, 15) is 0 Å². The molecule has 0 aromatic heterocycles. The van der Waals surface area contributed by atoms with E-state index in [1.54, 1.807) is 0 Å². The van der Waals surface area contributed by atoms with Crippen molar-refractivity contribution in [2.45, 2.75) is 0 Å². The van der Waals surface area contributed by atoms with E-state index in [0.717, 1.165) is 0 Å². The molecule has 0 aliphatic rings. The molecule has 4 heavy (non-hydrogen) atoms. The summed E-state index contributed by atoms with van der Waals surface area (Å²) in [6.07, 6.45) is 0. The van der Waals surface area contributed by atoms with Crippen molar-refractivity contribution in [3.05, 3.63) is 0 Å². The Bertz CT molecular complexity index is 8.00. The van der Waals surface area contributed by atoms with Gasteiger partial charge >= 0.3 is 0 Å². The van der Waals surface area contributed by atoms with Crippen molar-refractivity contribution in [3.8, 4) is 0 Å². The summed E-state index contributed by atoms with van der Waals surface area (Å²) in [5.74, 6) is 0. The maximum Gasteiger partial charge on any atom is 0.175 e. The third kappa shape index (κ3) is 2.64. The fraction of sp³-hybridized carbons (Fsp3) is 0. The molecule has 26 valence electrons. The first-order chi connectivity index (χ1) is 1.91. The minimum absolute atomic E-state index is 0.594. The normalized spacial score (nSPS) is 10.5. The topological polar surface area (TPSA) is 29.5 Å². The summed E-state index contributed by atoms with van der Waals surface area (Å²) in [5.41, 5.74) is 0. The van der Waals surface area contributed by atoms with Gasteiger partial charge in [-0.3, -0.25) is 0 Å². The second-order valence-electron chi connectivity index (χ2n) is 0.168. The molecule has 0 fully saturated rings. The van der Waals surface area contributed by atoms with Gasteiger partial charge in [0.25, 0.3) is 0 Å². The van der Waals surface area contributed by atoms with Crippen LogP contribution in [0.2, 0.25) is 0 Å². The molecular weight excluding hydrogens is 98.4 g/mol. The summed E-state index contributed by atoms with van der Waals surface area (Å²) in [6, 6.07) is 0. The highest BCUT2D eigenvalue weighted by molar-refractivity contribution is 7.26. The molecule has 0 heterocycles. The summed E-state index contributed by atoms with van der Waals surface area (Å²) < 4.78 is 3.60. The second-order valence-corrected chi connectivity index (χ2v) is 0.968. The minimum atomic E-state index is -0.594. The molecule has 0 aliphatic heterocycles. The van der Waals surface area contributed by atoms with Crippen LogP contribution in [0.3, 0.4) is 0 Å². The number of hydrogen-bond acceptors (Lipinski definition) is 2. The SMILES string of the molecule is OPOCl. The summed E-state index contributed by atoms with van der Waals surface area (Å²) in [7, 11) is -0.594. The van der Waals surface area contributed by atoms with Gasteiger partial charge in [0, 0.05) is 0 Å². The Morgan fingerprint density at radius 3 is 2.25 bits per heavy atom. The molecule has 1 N–H and O–H groups in total. The quantitative estimate of drug-likeness (QED) is 0.491. The van der Waals surface area contributed by atoms with Gasteiger partial charge in [0.05, 0.1) is 11.9 Å². The zero-order chi connectivity index (χ0) is 3.41. The van der Waals surface area contributed by atoms with E-state index in [2.05, 4.69) is 15.9 Å². The van der Waals surface area contributed by atoms with Gasteiger partial charge in [-0.2, -0.15) is 0 Å². The van der Waals surface area contributed by atoms with Crippen molar-refractivity contribution >= 4 is 20.9 Å². The molecule has 0 aromatic rings. The van der Waals surface area contributed by atoms with Gasteiger partial charge in [-0.05, 0) is 0 Å². The molecule has 0 spiro atoms. The van der Waals surface area contributed by atoms with Crippen molar-refractivity contribution in [2.75, 3.05) is 0 Å². The minimum Gasteiger partial charge on any atom is -0.351 e. The lowest BCUT2D eigenvalue weighted by atomic mass is 15.8. The van der Waals surface area contributed by atoms with Crippen LogP contribution in [0.1, 0.15) is 0 Å². The molecule has 0 saturated carbocycles.